The Labute approximate surface area is 205 Å². The molecule has 2 saturated carbocycles. The molecular formula is C28H32N2O5. The van der Waals surface area contributed by atoms with Crippen LogP contribution in [0.5, 0.6) is 0 Å². The molecule has 5 rings (SSSR count). The van der Waals surface area contributed by atoms with E-state index < -0.39 is 12.1 Å². The van der Waals surface area contributed by atoms with Gasteiger partial charge in [0.2, 0.25) is 5.91 Å². The number of carboxylic acids is 1. The third-order valence-corrected chi connectivity index (χ3v) is 7.91. The number of carbonyl (C=O) groups excluding carboxylic acids is 2. The topological polar surface area (TPSA) is 105 Å². The van der Waals surface area contributed by atoms with Crippen LogP contribution in [0, 0.1) is 17.8 Å². The zero-order valence-corrected chi connectivity index (χ0v) is 19.7. The monoisotopic (exact) mass is 476 g/mol. The summed E-state index contributed by atoms with van der Waals surface area (Å²) in [4.78, 5) is 36.4. The van der Waals surface area contributed by atoms with Gasteiger partial charge < -0.3 is 20.5 Å². The molecule has 0 saturated heterocycles. The third kappa shape index (κ3) is 5.04. The molecule has 2 amide bonds. The number of amides is 2. The van der Waals surface area contributed by atoms with Crippen LogP contribution in [-0.4, -0.2) is 42.3 Å². The van der Waals surface area contributed by atoms with Crippen molar-refractivity contribution in [3.63, 3.8) is 0 Å². The van der Waals surface area contributed by atoms with Gasteiger partial charge in [0.05, 0.1) is 5.92 Å². The predicted octanol–water partition coefficient (Wildman–Crippen LogP) is 4.31. The summed E-state index contributed by atoms with van der Waals surface area (Å²) in [5.41, 5.74) is 4.69. The zero-order valence-electron chi connectivity index (χ0n) is 19.7. The molecule has 184 valence electrons. The van der Waals surface area contributed by atoms with Gasteiger partial charge in [-0.15, -0.1) is 0 Å². The lowest BCUT2D eigenvalue weighted by Gasteiger charge is -2.38. The number of alkyl carbamates (subject to hydrolysis) is 1. The Morgan fingerprint density at radius 2 is 1.60 bits per heavy atom. The van der Waals surface area contributed by atoms with Crippen LogP contribution in [0.2, 0.25) is 0 Å². The number of carboxylic acid groups (broad SMARTS) is 1. The van der Waals surface area contributed by atoms with E-state index >= 15 is 0 Å². The summed E-state index contributed by atoms with van der Waals surface area (Å²) in [7, 11) is 0. The molecule has 2 fully saturated rings. The van der Waals surface area contributed by atoms with E-state index in [1.807, 2.05) is 24.3 Å². The molecule has 0 heterocycles. The Morgan fingerprint density at radius 1 is 0.971 bits per heavy atom. The molecular weight excluding hydrogens is 444 g/mol. The van der Waals surface area contributed by atoms with Crippen molar-refractivity contribution >= 4 is 18.0 Å². The number of benzene rings is 2. The van der Waals surface area contributed by atoms with Gasteiger partial charge in [0, 0.05) is 24.9 Å². The number of ether oxygens (including phenoxy) is 1. The first kappa shape index (κ1) is 23.4. The van der Waals surface area contributed by atoms with Crippen LogP contribution in [0.15, 0.2) is 48.5 Å². The maximum atomic E-state index is 12.9. The molecule has 7 heteroatoms. The van der Waals surface area contributed by atoms with Crippen LogP contribution >= 0.6 is 0 Å². The number of rotatable bonds is 9. The quantitative estimate of drug-likeness (QED) is 0.500. The number of nitrogens with one attached hydrogen (secondary N) is 2. The second kappa shape index (κ2) is 10.1. The van der Waals surface area contributed by atoms with Gasteiger partial charge in [0.1, 0.15) is 6.61 Å². The number of fused-ring (bicyclic) bond motifs is 3. The summed E-state index contributed by atoms with van der Waals surface area (Å²) in [6, 6.07) is 16.4. The van der Waals surface area contributed by atoms with E-state index in [0.29, 0.717) is 12.8 Å². The van der Waals surface area contributed by atoms with Gasteiger partial charge >= 0.3 is 12.1 Å². The maximum absolute atomic E-state index is 12.9. The lowest BCUT2D eigenvalue weighted by molar-refractivity contribution is -0.139. The first-order chi connectivity index (χ1) is 17.0. The normalized spacial score (nSPS) is 21.6. The van der Waals surface area contributed by atoms with Gasteiger partial charge in [-0.1, -0.05) is 55.0 Å². The summed E-state index contributed by atoms with van der Waals surface area (Å²) >= 11 is 0. The van der Waals surface area contributed by atoms with Gasteiger partial charge in [0.15, 0.2) is 0 Å². The zero-order chi connectivity index (χ0) is 24.4. The molecule has 3 aliphatic carbocycles. The SMILES string of the molecule is O=C(O)CC1CC(NC(=O)C(CNC(=O)OCC2c3ccccc3-c3ccccc32)C2CCC2)C1. The molecule has 0 bridgehead atoms. The van der Waals surface area contributed by atoms with Gasteiger partial charge in [0.25, 0.3) is 0 Å². The highest BCUT2D eigenvalue weighted by molar-refractivity contribution is 5.81. The molecule has 3 N–H and O–H groups in total. The van der Waals surface area contributed by atoms with E-state index in [9.17, 15) is 14.4 Å². The van der Waals surface area contributed by atoms with E-state index in [1.54, 1.807) is 0 Å². The van der Waals surface area contributed by atoms with Crippen LogP contribution in [0.25, 0.3) is 11.1 Å². The molecule has 0 spiro atoms. The van der Waals surface area contributed by atoms with Crippen LogP contribution in [-0.2, 0) is 14.3 Å². The van der Waals surface area contributed by atoms with Crippen LogP contribution in [0.4, 0.5) is 4.79 Å². The third-order valence-electron chi connectivity index (χ3n) is 7.91. The average Bonchev–Trinajstić information content (AvgIpc) is 3.11. The Balaban J connectivity index is 1.13. The van der Waals surface area contributed by atoms with E-state index in [0.717, 1.165) is 30.4 Å². The molecule has 2 aromatic rings. The molecule has 0 aromatic heterocycles. The first-order valence-electron chi connectivity index (χ1n) is 12.6. The summed E-state index contributed by atoms with van der Waals surface area (Å²) in [6.45, 7) is 0.492. The average molecular weight is 477 g/mol. The van der Waals surface area contributed by atoms with Crippen molar-refractivity contribution in [2.75, 3.05) is 13.2 Å². The maximum Gasteiger partial charge on any atom is 0.407 e. The van der Waals surface area contributed by atoms with Crippen molar-refractivity contribution < 1.29 is 24.2 Å². The fourth-order valence-corrected chi connectivity index (χ4v) is 5.73. The number of hydrogen-bond donors (Lipinski definition) is 3. The van der Waals surface area contributed by atoms with E-state index in [4.69, 9.17) is 9.84 Å². The first-order valence-corrected chi connectivity index (χ1v) is 12.6. The molecule has 0 aliphatic heterocycles. The van der Waals surface area contributed by atoms with Gasteiger partial charge in [-0.3, -0.25) is 9.59 Å². The van der Waals surface area contributed by atoms with Crippen molar-refractivity contribution in [2.24, 2.45) is 17.8 Å². The van der Waals surface area contributed by atoms with E-state index in [-0.39, 0.29) is 55.2 Å². The Morgan fingerprint density at radius 3 is 2.17 bits per heavy atom. The predicted molar refractivity (Wildman–Crippen MR) is 131 cm³/mol. The fraction of sp³-hybridized carbons (Fsp3) is 0.464. The van der Waals surface area contributed by atoms with Crippen molar-refractivity contribution in [1.29, 1.82) is 0 Å². The highest BCUT2D eigenvalue weighted by Crippen LogP contribution is 2.44. The molecule has 3 aliphatic rings. The van der Waals surface area contributed by atoms with Crippen molar-refractivity contribution in [3.05, 3.63) is 59.7 Å². The molecule has 7 nitrogen and oxygen atoms in total. The van der Waals surface area contributed by atoms with Crippen LogP contribution < -0.4 is 10.6 Å². The number of carbonyl (C=O) groups is 3. The highest BCUT2D eigenvalue weighted by atomic mass is 16.5. The molecule has 2 aromatic carbocycles. The summed E-state index contributed by atoms with van der Waals surface area (Å²) in [5.74, 6) is -0.733. The lowest BCUT2D eigenvalue weighted by Crippen LogP contribution is -2.51. The van der Waals surface area contributed by atoms with Gasteiger partial charge in [-0.25, -0.2) is 4.79 Å². The van der Waals surface area contributed by atoms with Crippen molar-refractivity contribution in [1.82, 2.24) is 10.6 Å². The highest BCUT2D eigenvalue weighted by Gasteiger charge is 2.37. The molecule has 1 unspecified atom stereocenters. The minimum atomic E-state index is -0.792. The van der Waals surface area contributed by atoms with E-state index in [2.05, 4.69) is 34.9 Å². The Bertz CT molecular complexity index is 1060. The Kier molecular flexibility index (Phi) is 6.75. The summed E-state index contributed by atoms with van der Waals surface area (Å²) < 4.78 is 5.63. The molecule has 1 atom stereocenters. The second-order valence-electron chi connectivity index (χ2n) is 10.1. The van der Waals surface area contributed by atoms with Gasteiger partial charge in [-0.2, -0.15) is 0 Å². The van der Waals surface area contributed by atoms with E-state index in [1.165, 1.54) is 11.1 Å². The standard InChI is InChI=1S/C28H32N2O5/c31-26(32)14-17-12-19(13-17)30-27(33)24(18-6-5-7-18)15-29-28(34)35-16-25-22-10-3-1-8-20(22)21-9-2-4-11-23(21)25/h1-4,8-11,17-19,24-25H,5-7,12-16H2,(H,29,34)(H,30,33)(H,31,32). The van der Waals surface area contributed by atoms with Crippen LogP contribution in [0.3, 0.4) is 0 Å². The smallest absolute Gasteiger partial charge is 0.407 e. The van der Waals surface area contributed by atoms with Crippen molar-refractivity contribution in [2.45, 2.75) is 50.5 Å². The van der Waals surface area contributed by atoms with Crippen LogP contribution in [0.1, 0.15) is 55.6 Å². The largest absolute Gasteiger partial charge is 0.481 e. The van der Waals surface area contributed by atoms with Crippen molar-refractivity contribution in [3.8, 4) is 11.1 Å². The lowest BCUT2D eigenvalue weighted by atomic mass is 9.74. The molecule has 0 radical (unpaired) electrons. The summed E-state index contributed by atoms with van der Waals surface area (Å²) in [6.07, 6.45) is 4.12. The summed E-state index contributed by atoms with van der Waals surface area (Å²) in [5, 5.41) is 14.8. The van der Waals surface area contributed by atoms with Gasteiger partial charge in [-0.05, 0) is 59.8 Å². The number of aliphatic carboxylic acids is 1. The Hall–Kier alpha value is -3.35. The minimum absolute atomic E-state index is 0.00348. The minimum Gasteiger partial charge on any atom is -0.481 e. The second-order valence-corrected chi connectivity index (χ2v) is 10.1. The number of hydrogen-bond acceptors (Lipinski definition) is 4. The molecule has 35 heavy (non-hydrogen) atoms. The fourth-order valence-electron chi connectivity index (χ4n) is 5.73.